The third-order valence-corrected chi connectivity index (χ3v) is 2.76. The zero-order valence-corrected chi connectivity index (χ0v) is 10.7. The first kappa shape index (κ1) is 13.0. The molecule has 0 saturated heterocycles. The zero-order valence-electron chi connectivity index (χ0n) is 9.90. The number of rotatable bonds is 6. The van der Waals surface area contributed by atoms with Gasteiger partial charge >= 0.3 is 0 Å². The molecule has 0 fully saturated rings. The van der Waals surface area contributed by atoms with Crippen molar-refractivity contribution in [3.8, 4) is 5.88 Å². The minimum absolute atomic E-state index is 0.0811. The molecule has 1 heterocycles. The topological polar surface area (TPSA) is 47.0 Å². The molecule has 4 nitrogen and oxygen atoms in total. The minimum Gasteiger partial charge on any atom is -0.477 e. The van der Waals surface area contributed by atoms with E-state index in [0.29, 0.717) is 30.8 Å². The maximum Gasteiger partial charge on any atom is 0.234 e. The van der Waals surface area contributed by atoms with Crippen LogP contribution in [-0.4, -0.2) is 28.5 Å². The van der Waals surface area contributed by atoms with Gasteiger partial charge in [-0.15, -0.1) is 11.6 Å². The average molecular weight is 244 g/mol. The fourth-order valence-electron chi connectivity index (χ4n) is 1.09. The molecule has 0 aromatic carbocycles. The monoisotopic (exact) mass is 243 g/mol. The lowest BCUT2D eigenvalue weighted by atomic mass is 10.1. The summed E-state index contributed by atoms with van der Waals surface area (Å²) in [6.45, 7) is 7.34. The van der Waals surface area contributed by atoms with Crippen LogP contribution in [0.15, 0.2) is 12.4 Å². The van der Waals surface area contributed by atoms with Crippen LogP contribution in [0.4, 0.5) is 5.82 Å². The Bertz CT molecular complexity index is 320. The zero-order chi connectivity index (χ0) is 12.0. The summed E-state index contributed by atoms with van der Waals surface area (Å²) < 4.78 is 5.25. The third kappa shape index (κ3) is 4.23. The lowest BCUT2D eigenvalue weighted by molar-refractivity contribution is 0.325. The van der Waals surface area contributed by atoms with Crippen molar-refractivity contribution in [2.24, 2.45) is 5.92 Å². The van der Waals surface area contributed by atoms with Crippen molar-refractivity contribution in [3.05, 3.63) is 12.4 Å². The van der Waals surface area contributed by atoms with Crippen LogP contribution < -0.4 is 10.1 Å². The Morgan fingerprint density at radius 1 is 1.44 bits per heavy atom. The van der Waals surface area contributed by atoms with Crippen LogP contribution in [0, 0.1) is 5.92 Å². The quantitative estimate of drug-likeness (QED) is 0.780. The van der Waals surface area contributed by atoms with Gasteiger partial charge in [0.15, 0.2) is 0 Å². The predicted molar refractivity (Wildman–Crippen MR) is 66.2 cm³/mol. The molecule has 1 aromatic heterocycles. The second-order valence-electron chi connectivity index (χ2n) is 3.82. The smallest absolute Gasteiger partial charge is 0.234 e. The van der Waals surface area contributed by atoms with Gasteiger partial charge in [0.05, 0.1) is 24.4 Å². The Labute approximate surface area is 101 Å². The summed E-state index contributed by atoms with van der Waals surface area (Å²) in [5.41, 5.74) is 0. The van der Waals surface area contributed by atoms with Crippen LogP contribution in [0.5, 0.6) is 5.88 Å². The Balaban J connectivity index is 2.50. The SMILES string of the molecule is CCOc1cncc(NCC(Cl)C(C)C)n1. The van der Waals surface area contributed by atoms with E-state index in [1.807, 2.05) is 6.92 Å². The van der Waals surface area contributed by atoms with Gasteiger partial charge in [-0.05, 0) is 12.8 Å². The van der Waals surface area contributed by atoms with Crippen molar-refractivity contribution in [1.29, 1.82) is 0 Å². The number of hydrogen-bond donors (Lipinski definition) is 1. The molecule has 0 amide bonds. The van der Waals surface area contributed by atoms with Gasteiger partial charge in [-0.25, -0.2) is 0 Å². The van der Waals surface area contributed by atoms with Crippen molar-refractivity contribution >= 4 is 17.4 Å². The molecule has 0 bridgehead atoms. The highest BCUT2D eigenvalue weighted by Gasteiger charge is 2.09. The highest BCUT2D eigenvalue weighted by Crippen LogP contribution is 2.12. The van der Waals surface area contributed by atoms with Crippen LogP contribution in [0.25, 0.3) is 0 Å². The molecule has 1 atom stereocenters. The van der Waals surface area contributed by atoms with Gasteiger partial charge in [0, 0.05) is 6.54 Å². The Hall–Kier alpha value is -1.03. The summed E-state index contributed by atoms with van der Waals surface area (Å²) in [6, 6.07) is 0. The maximum atomic E-state index is 6.12. The molecule has 1 N–H and O–H groups in total. The molecular weight excluding hydrogens is 226 g/mol. The normalized spacial score (nSPS) is 12.6. The van der Waals surface area contributed by atoms with E-state index in [2.05, 4.69) is 29.1 Å². The van der Waals surface area contributed by atoms with E-state index in [9.17, 15) is 0 Å². The maximum absolute atomic E-state index is 6.12. The molecule has 0 spiro atoms. The van der Waals surface area contributed by atoms with E-state index in [-0.39, 0.29) is 5.38 Å². The van der Waals surface area contributed by atoms with Gasteiger partial charge in [-0.3, -0.25) is 4.98 Å². The molecule has 1 rings (SSSR count). The summed E-state index contributed by atoms with van der Waals surface area (Å²) >= 11 is 6.12. The number of nitrogens with zero attached hydrogens (tertiary/aromatic N) is 2. The van der Waals surface area contributed by atoms with Crippen molar-refractivity contribution in [2.75, 3.05) is 18.5 Å². The number of alkyl halides is 1. The number of ether oxygens (including phenoxy) is 1. The van der Waals surface area contributed by atoms with Gasteiger partial charge < -0.3 is 10.1 Å². The van der Waals surface area contributed by atoms with E-state index in [1.165, 1.54) is 0 Å². The van der Waals surface area contributed by atoms with Gasteiger partial charge in [-0.2, -0.15) is 4.98 Å². The van der Waals surface area contributed by atoms with Crippen LogP contribution in [0.2, 0.25) is 0 Å². The van der Waals surface area contributed by atoms with Crippen LogP contribution >= 0.6 is 11.6 Å². The van der Waals surface area contributed by atoms with Gasteiger partial charge in [0.2, 0.25) is 5.88 Å². The van der Waals surface area contributed by atoms with Crippen LogP contribution in [0.1, 0.15) is 20.8 Å². The summed E-state index contributed by atoms with van der Waals surface area (Å²) in [5, 5.41) is 3.22. The first-order chi connectivity index (χ1) is 7.63. The number of aromatic nitrogens is 2. The lowest BCUT2D eigenvalue weighted by Gasteiger charge is -2.14. The van der Waals surface area contributed by atoms with Crippen LogP contribution in [0.3, 0.4) is 0 Å². The average Bonchev–Trinajstić information content (AvgIpc) is 2.26. The first-order valence-corrected chi connectivity index (χ1v) is 5.90. The fraction of sp³-hybridized carbons (Fsp3) is 0.636. The molecular formula is C11H18ClN3O. The van der Waals surface area contributed by atoms with Crippen molar-refractivity contribution in [2.45, 2.75) is 26.1 Å². The molecule has 0 radical (unpaired) electrons. The Morgan fingerprint density at radius 2 is 2.19 bits per heavy atom. The molecule has 5 heteroatoms. The molecule has 0 saturated carbocycles. The summed E-state index contributed by atoms with van der Waals surface area (Å²) in [7, 11) is 0. The molecule has 0 aliphatic heterocycles. The molecule has 1 aromatic rings. The standard InChI is InChI=1S/C11H18ClN3O/c1-4-16-11-7-13-6-10(15-11)14-5-9(12)8(2)3/h6-9H,4-5H2,1-3H3,(H,14,15). The summed E-state index contributed by atoms with van der Waals surface area (Å²) in [6.07, 6.45) is 3.25. The van der Waals surface area contributed by atoms with Crippen molar-refractivity contribution in [3.63, 3.8) is 0 Å². The summed E-state index contributed by atoms with van der Waals surface area (Å²) in [5.74, 6) is 1.65. The second-order valence-corrected chi connectivity index (χ2v) is 4.38. The molecule has 16 heavy (non-hydrogen) atoms. The molecule has 0 aliphatic rings. The molecule has 90 valence electrons. The number of anilines is 1. The second kappa shape index (κ2) is 6.53. The molecule has 0 aliphatic carbocycles. The van der Waals surface area contributed by atoms with Crippen molar-refractivity contribution in [1.82, 2.24) is 9.97 Å². The Morgan fingerprint density at radius 3 is 2.81 bits per heavy atom. The van der Waals surface area contributed by atoms with E-state index in [1.54, 1.807) is 12.4 Å². The Kier molecular flexibility index (Phi) is 5.32. The highest BCUT2D eigenvalue weighted by molar-refractivity contribution is 6.21. The lowest BCUT2D eigenvalue weighted by Crippen LogP contribution is -2.20. The van der Waals surface area contributed by atoms with E-state index in [0.717, 1.165) is 0 Å². The highest BCUT2D eigenvalue weighted by atomic mass is 35.5. The fourth-order valence-corrected chi connectivity index (χ4v) is 1.17. The number of hydrogen-bond acceptors (Lipinski definition) is 4. The van der Waals surface area contributed by atoms with Crippen molar-refractivity contribution < 1.29 is 4.74 Å². The molecule has 1 unspecified atom stereocenters. The predicted octanol–water partition coefficient (Wildman–Crippen LogP) is 2.55. The summed E-state index contributed by atoms with van der Waals surface area (Å²) in [4.78, 5) is 8.27. The van der Waals surface area contributed by atoms with E-state index < -0.39 is 0 Å². The number of nitrogens with one attached hydrogen (secondary N) is 1. The minimum atomic E-state index is 0.0811. The van der Waals surface area contributed by atoms with Gasteiger partial charge in [-0.1, -0.05) is 13.8 Å². The van der Waals surface area contributed by atoms with Gasteiger partial charge in [0.1, 0.15) is 5.82 Å². The van der Waals surface area contributed by atoms with Gasteiger partial charge in [0.25, 0.3) is 0 Å². The largest absolute Gasteiger partial charge is 0.477 e. The van der Waals surface area contributed by atoms with E-state index in [4.69, 9.17) is 16.3 Å². The van der Waals surface area contributed by atoms with Crippen LogP contribution in [-0.2, 0) is 0 Å². The first-order valence-electron chi connectivity index (χ1n) is 5.46. The van der Waals surface area contributed by atoms with E-state index >= 15 is 0 Å². The third-order valence-electron chi connectivity index (χ3n) is 2.11. The number of halogens is 1.